The fourth-order valence-electron chi connectivity index (χ4n) is 7.67. The lowest BCUT2D eigenvalue weighted by molar-refractivity contribution is 0.0988. The highest BCUT2D eigenvalue weighted by atomic mass is 16.2. The number of carbonyl (C=O) groups is 2. The van der Waals surface area contributed by atoms with E-state index in [1.54, 1.807) is 6.08 Å². The van der Waals surface area contributed by atoms with E-state index in [4.69, 9.17) is 0 Å². The first-order valence-electron chi connectivity index (χ1n) is 18.0. The Hall–Kier alpha value is -5.22. The van der Waals surface area contributed by atoms with Gasteiger partial charge in [-0.3, -0.25) is 19.4 Å². The van der Waals surface area contributed by atoms with Crippen LogP contribution in [0.5, 0.6) is 0 Å². The summed E-state index contributed by atoms with van der Waals surface area (Å²) >= 11 is 0. The smallest absolute Gasteiger partial charge is 0.197 e. The second kappa shape index (κ2) is 12.9. The molecule has 0 saturated carbocycles. The van der Waals surface area contributed by atoms with E-state index in [1.165, 1.54) is 22.3 Å². The van der Waals surface area contributed by atoms with Crippen molar-refractivity contribution in [3.63, 3.8) is 0 Å². The van der Waals surface area contributed by atoms with Crippen molar-refractivity contribution in [2.24, 2.45) is 0 Å². The molecular formula is C46H46N2O2. The van der Waals surface area contributed by atoms with E-state index in [9.17, 15) is 9.59 Å². The van der Waals surface area contributed by atoms with Crippen molar-refractivity contribution in [3.05, 3.63) is 154 Å². The summed E-state index contributed by atoms with van der Waals surface area (Å²) in [5, 5.41) is 1.90. The van der Waals surface area contributed by atoms with Gasteiger partial charge in [0.25, 0.3) is 0 Å². The minimum Gasteiger partial charge on any atom is -0.293 e. The number of hydrogen-bond donors (Lipinski definition) is 0. The van der Waals surface area contributed by atoms with Gasteiger partial charge < -0.3 is 0 Å². The molecule has 0 spiro atoms. The molecule has 0 amide bonds. The molecule has 0 fully saturated rings. The van der Waals surface area contributed by atoms with Crippen LogP contribution in [0.2, 0.25) is 0 Å². The Bertz CT molecular complexity index is 2030. The van der Waals surface area contributed by atoms with Crippen molar-refractivity contribution in [1.82, 2.24) is 0 Å². The Balaban J connectivity index is 1.53. The molecule has 0 atom stereocenters. The number of hydrogen-bond acceptors (Lipinski definition) is 4. The largest absolute Gasteiger partial charge is 0.293 e. The van der Waals surface area contributed by atoms with Gasteiger partial charge >= 0.3 is 0 Å². The van der Waals surface area contributed by atoms with Gasteiger partial charge in [0.1, 0.15) is 5.82 Å². The molecule has 5 aromatic rings. The van der Waals surface area contributed by atoms with E-state index in [2.05, 4.69) is 126 Å². The van der Waals surface area contributed by atoms with Crippen LogP contribution in [-0.2, 0) is 0 Å². The van der Waals surface area contributed by atoms with Gasteiger partial charge in [-0.05, 0) is 93.1 Å². The van der Waals surface area contributed by atoms with Gasteiger partial charge in [-0.25, -0.2) is 0 Å². The Morgan fingerprint density at radius 1 is 0.460 bits per heavy atom. The number of ketones is 2. The third-order valence-electron chi connectivity index (χ3n) is 10.2. The zero-order valence-electron chi connectivity index (χ0n) is 30.4. The molecule has 1 heterocycles. The summed E-state index contributed by atoms with van der Waals surface area (Å²) in [6.07, 6.45) is 3.79. The van der Waals surface area contributed by atoms with E-state index in [1.807, 2.05) is 42.5 Å². The molecule has 252 valence electrons. The molecule has 50 heavy (non-hydrogen) atoms. The molecule has 2 aliphatic rings. The number of para-hydroxylation sites is 4. The van der Waals surface area contributed by atoms with Crippen molar-refractivity contribution < 1.29 is 9.59 Å². The maximum absolute atomic E-state index is 14.0. The maximum atomic E-state index is 14.0. The number of nitrogens with zero attached hydrogens (tertiary/aromatic N) is 2. The topological polar surface area (TPSA) is 40.6 Å². The Morgan fingerprint density at radius 3 is 1.18 bits per heavy atom. The molecule has 1 aliphatic heterocycles. The molecule has 1 aliphatic carbocycles. The predicted octanol–water partition coefficient (Wildman–Crippen LogP) is 12.5. The minimum atomic E-state index is -0.225. The summed E-state index contributed by atoms with van der Waals surface area (Å²) in [5.41, 5.74) is 10.6. The highest BCUT2D eigenvalue weighted by Gasteiger charge is 2.39. The standard InChI is InChI=1S/C46H46N2O2/c1-27(2)33-17-13-18-34(28(3)4)43(33)47-40-21-11-12-22-41(40)48(44-35(29(5)6)19-14-20-36(44)30(7)8)42(47)24-23-37-45(49)38-25-31-15-9-10-16-32(31)26-39(38)46(37)50/h9-30H,1-8H3. The number of allylic oxidation sites excluding steroid dienone is 3. The number of benzene rings is 5. The van der Waals surface area contributed by atoms with Crippen molar-refractivity contribution in [2.45, 2.75) is 79.1 Å². The summed E-state index contributed by atoms with van der Waals surface area (Å²) in [4.78, 5) is 32.8. The molecule has 0 bridgehead atoms. The monoisotopic (exact) mass is 658 g/mol. The lowest BCUT2D eigenvalue weighted by Crippen LogP contribution is -2.25. The van der Waals surface area contributed by atoms with Gasteiger partial charge in [0.2, 0.25) is 0 Å². The number of anilines is 4. The van der Waals surface area contributed by atoms with E-state index >= 15 is 0 Å². The fraction of sp³-hybridized carbons (Fsp3) is 0.261. The van der Waals surface area contributed by atoms with Crippen LogP contribution in [0.3, 0.4) is 0 Å². The molecule has 0 radical (unpaired) electrons. The molecule has 5 aromatic carbocycles. The second-order valence-corrected chi connectivity index (χ2v) is 14.9. The van der Waals surface area contributed by atoms with E-state index in [0.29, 0.717) is 11.1 Å². The minimum absolute atomic E-state index is 0.195. The predicted molar refractivity (Wildman–Crippen MR) is 209 cm³/mol. The average Bonchev–Trinajstić information content (AvgIpc) is 3.54. The molecule has 0 unspecified atom stereocenters. The van der Waals surface area contributed by atoms with Crippen LogP contribution in [0.25, 0.3) is 10.8 Å². The zero-order valence-corrected chi connectivity index (χ0v) is 30.4. The number of carbonyl (C=O) groups excluding carboxylic acids is 2. The van der Waals surface area contributed by atoms with Crippen molar-refractivity contribution in [3.8, 4) is 0 Å². The van der Waals surface area contributed by atoms with Crippen molar-refractivity contribution >= 4 is 45.1 Å². The molecule has 4 nitrogen and oxygen atoms in total. The number of fused-ring (bicyclic) bond motifs is 3. The van der Waals surface area contributed by atoms with Gasteiger partial charge in [0, 0.05) is 11.1 Å². The molecule has 0 N–H and O–H groups in total. The quantitative estimate of drug-likeness (QED) is 0.129. The lowest BCUT2D eigenvalue weighted by Gasteiger charge is -2.33. The molecule has 4 heteroatoms. The zero-order chi connectivity index (χ0) is 35.4. The highest BCUT2D eigenvalue weighted by molar-refractivity contribution is 6.40. The van der Waals surface area contributed by atoms with E-state index < -0.39 is 0 Å². The first-order valence-corrected chi connectivity index (χ1v) is 18.0. The third kappa shape index (κ3) is 5.38. The Morgan fingerprint density at radius 2 is 0.820 bits per heavy atom. The summed E-state index contributed by atoms with van der Waals surface area (Å²) in [6, 6.07) is 33.5. The maximum Gasteiger partial charge on any atom is 0.197 e. The summed E-state index contributed by atoms with van der Waals surface area (Å²) in [5.74, 6) is 1.50. The van der Waals surface area contributed by atoms with Crippen molar-refractivity contribution in [1.29, 1.82) is 0 Å². The van der Waals surface area contributed by atoms with Crippen molar-refractivity contribution in [2.75, 3.05) is 9.80 Å². The van der Waals surface area contributed by atoms with Crippen LogP contribution < -0.4 is 9.80 Å². The Kier molecular flexibility index (Phi) is 8.59. The lowest BCUT2D eigenvalue weighted by atomic mass is 9.91. The van der Waals surface area contributed by atoms with Crippen LogP contribution in [-0.4, -0.2) is 11.6 Å². The van der Waals surface area contributed by atoms with E-state index in [0.717, 1.165) is 39.3 Å². The van der Waals surface area contributed by atoms with Crippen LogP contribution in [0, 0.1) is 0 Å². The molecule has 7 rings (SSSR count). The average molecular weight is 659 g/mol. The van der Waals surface area contributed by atoms with Gasteiger partial charge in [0.15, 0.2) is 11.6 Å². The summed E-state index contributed by atoms with van der Waals surface area (Å²) in [7, 11) is 0. The molecule has 0 saturated heterocycles. The first-order chi connectivity index (χ1) is 24.0. The fourth-order valence-corrected chi connectivity index (χ4v) is 7.67. The first kappa shape index (κ1) is 33.3. The number of rotatable bonds is 7. The molecule has 0 aromatic heterocycles. The second-order valence-electron chi connectivity index (χ2n) is 14.9. The highest BCUT2D eigenvalue weighted by Crippen LogP contribution is 2.55. The van der Waals surface area contributed by atoms with Crippen LogP contribution >= 0.6 is 0 Å². The summed E-state index contributed by atoms with van der Waals surface area (Å²) < 4.78 is 0. The van der Waals surface area contributed by atoms with Crippen LogP contribution in [0.15, 0.2) is 121 Å². The number of Topliss-reactive ketones (excluding diaryl/α,β-unsaturated/α-hetero) is 2. The van der Waals surface area contributed by atoms with Crippen LogP contribution in [0.4, 0.5) is 22.7 Å². The van der Waals surface area contributed by atoms with Gasteiger partial charge in [-0.2, -0.15) is 0 Å². The Labute approximate surface area is 296 Å². The SMILES string of the molecule is CC(C)c1cccc(C(C)C)c1N1C(=CC=C2C(=O)c3cc4ccccc4cc3C2=O)N(c2c(C(C)C)cccc2C(C)C)c2ccccc21. The third-order valence-corrected chi connectivity index (χ3v) is 10.2. The van der Waals surface area contributed by atoms with E-state index in [-0.39, 0.29) is 40.8 Å². The molecular weight excluding hydrogens is 613 g/mol. The van der Waals surface area contributed by atoms with Gasteiger partial charge in [0.05, 0.1) is 28.3 Å². The van der Waals surface area contributed by atoms with Gasteiger partial charge in [-0.1, -0.05) is 128 Å². The van der Waals surface area contributed by atoms with Gasteiger partial charge in [-0.15, -0.1) is 0 Å². The van der Waals surface area contributed by atoms with Crippen LogP contribution in [0.1, 0.15) is 122 Å². The summed E-state index contributed by atoms with van der Waals surface area (Å²) in [6.45, 7) is 18.0. The normalized spacial score (nSPS) is 14.2.